The molecule has 0 bridgehead atoms. The highest BCUT2D eigenvalue weighted by Crippen LogP contribution is 2.22. The molecule has 30 heavy (non-hydrogen) atoms. The van der Waals surface area contributed by atoms with Crippen LogP contribution in [0.2, 0.25) is 0 Å². The van der Waals surface area contributed by atoms with Crippen LogP contribution in [0.3, 0.4) is 0 Å². The maximum atomic E-state index is 12.5. The summed E-state index contributed by atoms with van der Waals surface area (Å²) < 4.78 is 15.4. The molecule has 2 heterocycles. The smallest absolute Gasteiger partial charge is 0.409 e. The standard InChI is InChI=1S/C21H25N3O6/c1-4-29-21(27)24-9-7-23(8-10-24)19(25)13-30-20(26)17-12-15-11-16(28-3)5-6-18(15)22-14(17)2/h5-6,11-12H,4,7-10,13H2,1-3H3. The third-order valence-electron chi connectivity index (χ3n) is 4.92. The van der Waals surface area contributed by atoms with E-state index in [1.165, 1.54) is 0 Å². The second-order valence-electron chi connectivity index (χ2n) is 6.82. The minimum Gasteiger partial charge on any atom is -0.497 e. The number of pyridine rings is 1. The summed E-state index contributed by atoms with van der Waals surface area (Å²) in [6, 6.07) is 7.08. The number of fused-ring (bicyclic) bond motifs is 1. The fourth-order valence-electron chi connectivity index (χ4n) is 3.23. The number of piperazine rings is 1. The monoisotopic (exact) mass is 415 g/mol. The Balaban J connectivity index is 1.58. The van der Waals surface area contributed by atoms with Gasteiger partial charge in [0.15, 0.2) is 6.61 Å². The molecule has 1 fully saturated rings. The van der Waals surface area contributed by atoms with Crippen molar-refractivity contribution in [3.8, 4) is 5.75 Å². The van der Waals surface area contributed by atoms with Gasteiger partial charge in [-0.1, -0.05) is 0 Å². The zero-order valence-electron chi connectivity index (χ0n) is 17.3. The van der Waals surface area contributed by atoms with Gasteiger partial charge in [0.2, 0.25) is 0 Å². The predicted octanol–water partition coefficient (Wildman–Crippen LogP) is 2.01. The Kier molecular flexibility index (Phi) is 6.71. The second-order valence-corrected chi connectivity index (χ2v) is 6.82. The molecule has 2 amide bonds. The van der Waals surface area contributed by atoms with Gasteiger partial charge < -0.3 is 24.0 Å². The van der Waals surface area contributed by atoms with Crippen molar-refractivity contribution in [1.29, 1.82) is 0 Å². The number of amides is 2. The van der Waals surface area contributed by atoms with E-state index in [1.54, 1.807) is 49.0 Å². The number of hydrogen-bond acceptors (Lipinski definition) is 7. The van der Waals surface area contributed by atoms with Gasteiger partial charge in [-0.25, -0.2) is 9.59 Å². The number of nitrogens with zero attached hydrogens (tertiary/aromatic N) is 3. The van der Waals surface area contributed by atoms with E-state index in [2.05, 4.69) is 4.98 Å². The highest BCUT2D eigenvalue weighted by Gasteiger charge is 2.25. The number of aryl methyl sites for hydroxylation is 1. The van der Waals surface area contributed by atoms with E-state index >= 15 is 0 Å². The first kappa shape index (κ1) is 21.4. The average molecular weight is 415 g/mol. The van der Waals surface area contributed by atoms with Crippen LogP contribution in [0, 0.1) is 6.92 Å². The van der Waals surface area contributed by atoms with Crippen LogP contribution in [0.15, 0.2) is 24.3 Å². The molecule has 0 unspecified atom stereocenters. The molecule has 0 saturated carbocycles. The van der Waals surface area contributed by atoms with Crippen LogP contribution in [0.5, 0.6) is 5.75 Å². The molecule has 3 rings (SSSR count). The fraction of sp³-hybridized carbons (Fsp3) is 0.429. The number of rotatable bonds is 5. The van der Waals surface area contributed by atoms with Crippen molar-refractivity contribution in [2.24, 2.45) is 0 Å². The summed E-state index contributed by atoms with van der Waals surface area (Å²) in [6.45, 7) is 4.91. The van der Waals surface area contributed by atoms with E-state index in [0.717, 1.165) is 10.9 Å². The highest BCUT2D eigenvalue weighted by atomic mass is 16.6. The Morgan fingerprint density at radius 1 is 1.03 bits per heavy atom. The SMILES string of the molecule is CCOC(=O)N1CCN(C(=O)COC(=O)c2cc3cc(OC)ccc3nc2C)CC1. The normalized spacial score (nSPS) is 13.8. The van der Waals surface area contributed by atoms with E-state index in [4.69, 9.17) is 14.2 Å². The lowest BCUT2D eigenvalue weighted by molar-refractivity contribution is -0.136. The Morgan fingerprint density at radius 2 is 1.73 bits per heavy atom. The minimum absolute atomic E-state index is 0.302. The van der Waals surface area contributed by atoms with E-state index in [-0.39, 0.29) is 18.6 Å². The summed E-state index contributed by atoms with van der Waals surface area (Å²) in [5.41, 5.74) is 1.56. The average Bonchev–Trinajstić information content (AvgIpc) is 2.76. The molecule has 1 aromatic heterocycles. The van der Waals surface area contributed by atoms with Gasteiger partial charge in [0.05, 0.1) is 30.5 Å². The lowest BCUT2D eigenvalue weighted by Gasteiger charge is -2.33. The minimum atomic E-state index is -0.608. The van der Waals surface area contributed by atoms with E-state index in [9.17, 15) is 14.4 Å². The number of carbonyl (C=O) groups is 3. The molecule has 1 aliphatic rings. The number of carbonyl (C=O) groups excluding carboxylic acids is 3. The van der Waals surface area contributed by atoms with Crippen molar-refractivity contribution in [3.05, 3.63) is 35.5 Å². The van der Waals surface area contributed by atoms with Crippen molar-refractivity contribution < 1.29 is 28.6 Å². The second kappa shape index (κ2) is 9.43. The molecule has 1 aliphatic heterocycles. The molecule has 9 heteroatoms. The zero-order chi connectivity index (χ0) is 21.7. The largest absolute Gasteiger partial charge is 0.497 e. The molecule has 0 aliphatic carbocycles. The predicted molar refractivity (Wildman–Crippen MR) is 108 cm³/mol. The van der Waals surface area contributed by atoms with Gasteiger partial charge in [-0.15, -0.1) is 0 Å². The van der Waals surface area contributed by atoms with Crippen LogP contribution < -0.4 is 4.74 Å². The van der Waals surface area contributed by atoms with Gasteiger partial charge in [-0.2, -0.15) is 0 Å². The van der Waals surface area contributed by atoms with Crippen LogP contribution in [-0.2, 0) is 14.3 Å². The number of esters is 1. The van der Waals surface area contributed by atoms with Crippen molar-refractivity contribution in [2.45, 2.75) is 13.8 Å². The van der Waals surface area contributed by atoms with Crippen molar-refractivity contribution in [1.82, 2.24) is 14.8 Å². The van der Waals surface area contributed by atoms with Crippen LogP contribution in [0.4, 0.5) is 4.79 Å². The van der Waals surface area contributed by atoms with Gasteiger partial charge >= 0.3 is 12.1 Å². The molecule has 1 aromatic carbocycles. The van der Waals surface area contributed by atoms with E-state index in [1.807, 2.05) is 6.07 Å². The third kappa shape index (κ3) is 4.79. The van der Waals surface area contributed by atoms with Crippen molar-refractivity contribution in [3.63, 3.8) is 0 Å². The Labute approximate surface area is 174 Å². The van der Waals surface area contributed by atoms with Crippen molar-refractivity contribution in [2.75, 3.05) is 46.5 Å². The number of benzene rings is 1. The third-order valence-corrected chi connectivity index (χ3v) is 4.92. The number of methoxy groups -OCH3 is 1. The van der Waals surface area contributed by atoms with Crippen molar-refractivity contribution >= 4 is 28.9 Å². The number of hydrogen-bond donors (Lipinski definition) is 0. The maximum Gasteiger partial charge on any atom is 0.409 e. The molecule has 9 nitrogen and oxygen atoms in total. The molecule has 0 radical (unpaired) electrons. The summed E-state index contributed by atoms with van der Waals surface area (Å²) in [6.07, 6.45) is -0.382. The molecular weight excluding hydrogens is 390 g/mol. The molecule has 0 atom stereocenters. The summed E-state index contributed by atoms with van der Waals surface area (Å²) in [5.74, 6) is -0.257. The van der Waals surface area contributed by atoms with Crippen LogP contribution in [-0.4, -0.2) is 79.3 Å². The fourth-order valence-corrected chi connectivity index (χ4v) is 3.23. The van der Waals surface area contributed by atoms with E-state index < -0.39 is 5.97 Å². The van der Waals surface area contributed by atoms with Gasteiger partial charge in [-0.3, -0.25) is 9.78 Å². The first-order valence-corrected chi connectivity index (χ1v) is 9.75. The molecule has 160 valence electrons. The summed E-state index contributed by atoms with van der Waals surface area (Å²) in [7, 11) is 1.57. The number of aromatic nitrogens is 1. The zero-order valence-corrected chi connectivity index (χ0v) is 17.3. The topological polar surface area (TPSA) is 98.3 Å². The molecule has 1 saturated heterocycles. The maximum absolute atomic E-state index is 12.5. The first-order valence-electron chi connectivity index (χ1n) is 9.75. The number of ether oxygens (including phenoxy) is 3. The molecular formula is C21H25N3O6. The van der Waals surface area contributed by atoms with Crippen LogP contribution in [0.25, 0.3) is 10.9 Å². The Hall–Kier alpha value is -3.36. The van der Waals surface area contributed by atoms with Gasteiger partial charge in [0.1, 0.15) is 5.75 Å². The van der Waals surface area contributed by atoms with Gasteiger partial charge in [0.25, 0.3) is 5.91 Å². The van der Waals surface area contributed by atoms with Gasteiger partial charge in [-0.05, 0) is 38.1 Å². The molecule has 2 aromatic rings. The summed E-state index contributed by atoms with van der Waals surface area (Å²) >= 11 is 0. The Morgan fingerprint density at radius 3 is 2.40 bits per heavy atom. The highest BCUT2D eigenvalue weighted by molar-refractivity contribution is 5.96. The Bertz CT molecular complexity index is 953. The van der Waals surface area contributed by atoms with E-state index in [0.29, 0.717) is 49.8 Å². The van der Waals surface area contributed by atoms with Crippen LogP contribution >= 0.6 is 0 Å². The van der Waals surface area contributed by atoms with Gasteiger partial charge in [0, 0.05) is 31.6 Å². The lowest BCUT2D eigenvalue weighted by Crippen LogP contribution is -2.51. The molecule has 0 N–H and O–H groups in total. The molecule has 0 spiro atoms. The quantitative estimate of drug-likeness (QED) is 0.689. The van der Waals surface area contributed by atoms with Crippen LogP contribution in [0.1, 0.15) is 23.0 Å². The summed E-state index contributed by atoms with van der Waals surface area (Å²) in [4.78, 5) is 44.2. The summed E-state index contributed by atoms with van der Waals surface area (Å²) in [5, 5.41) is 0.744. The lowest BCUT2D eigenvalue weighted by atomic mass is 10.1. The first-order chi connectivity index (χ1) is 14.4.